The van der Waals surface area contributed by atoms with Crippen LogP contribution in [0.3, 0.4) is 0 Å². The van der Waals surface area contributed by atoms with Gasteiger partial charge < -0.3 is 9.84 Å². The summed E-state index contributed by atoms with van der Waals surface area (Å²) >= 11 is 0. The van der Waals surface area contributed by atoms with Crippen LogP contribution in [0.15, 0.2) is 18.2 Å². The smallest absolute Gasteiger partial charge is 0.128 e. The van der Waals surface area contributed by atoms with Gasteiger partial charge in [-0.15, -0.1) is 0 Å². The van der Waals surface area contributed by atoms with E-state index >= 15 is 0 Å². The molecule has 1 aromatic carbocycles. The molecule has 0 aliphatic rings. The second-order valence-electron chi connectivity index (χ2n) is 2.81. The van der Waals surface area contributed by atoms with E-state index in [1.807, 2.05) is 32.0 Å². The van der Waals surface area contributed by atoms with Crippen molar-refractivity contribution < 1.29 is 9.84 Å². The number of benzene rings is 1. The van der Waals surface area contributed by atoms with Gasteiger partial charge in [-0.1, -0.05) is 12.1 Å². The van der Waals surface area contributed by atoms with Crippen molar-refractivity contribution in [2.75, 3.05) is 6.61 Å². The molecule has 65 valence electrons. The third-order valence-corrected chi connectivity index (χ3v) is 1.50. The molecule has 0 saturated carbocycles. The van der Waals surface area contributed by atoms with E-state index in [0.29, 0.717) is 5.75 Å². The summed E-state index contributed by atoms with van der Waals surface area (Å²) < 4.78 is 5.34. The van der Waals surface area contributed by atoms with Crippen LogP contribution in [0.4, 0.5) is 0 Å². The number of rotatable bonds is 3. The molecule has 1 radical (unpaired) electrons. The first kappa shape index (κ1) is 9.07. The molecule has 0 heterocycles. The van der Waals surface area contributed by atoms with Crippen molar-refractivity contribution in [3.8, 4) is 5.75 Å². The second-order valence-corrected chi connectivity index (χ2v) is 2.81. The monoisotopic (exact) mass is 165 g/mol. The van der Waals surface area contributed by atoms with Crippen molar-refractivity contribution in [1.82, 2.24) is 0 Å². The van der Waals surface area contributed by atoms with Crippen LogP contribution in [0.25, 0.3) is 0 Å². The van der Waals surface area contributed by atoms with Crippen LogP contribution in [-0.4, -0.2) is 17.8 Å². The second kappa shape index (κ2) is 4.12. The predicted molar refractivity (Wildman–Crippen MR) is 47.2 cm³/mol. The maximum absolute atomic E-state index is 8.73. The van der Waals surface area contributed by atoms with Gasteiger partial charge in [0.1, 0.15) is 11.9 Å². The summed E-state index contributed by atoms with van der Waals surface area (Å²) in [5, 5.41) is 8.73. The molecular weight excluding hydrogens is 152 g/mol. The molecular formula is C10H13O2. The molecule has 1 unspecified atom stereocenters. The van der Waals surface area contributed by atoms with E-state index in [9.17, 15) is 0 Å². The van der Waals surface area contributed by atoms with Crippen molar-refractivity contribution in [1.29, 1.82) is 0 Å². The zero-order valence-corrected chi connectivity index (χ0v) is 7.37. The van der Waals surface area contributed by atoms with Gasteiger partial charge in [0.2, 0.25) is 0 Å². The Morgan fingerprint density at radius 3 is 2.92 bits per heavy atom. The summed E-state index contributed by atoms with van der Waals surface area (Å²) in [7, 11) is 0. The van der Waals surface area contributed by atoms with Gasteiger partial charge in [0.25, 0.3) is 0 Å². The minimum atomic E-state index is -0.164. The minimum absolute atomic E-state index is 0.0295. The lowest BCUT2D eigenvalue weighted by atomic mass is 10.2. The van der Waals surface area contributed by atoms with Crippen molar-refractivity contribution >= 4 is 0 Å². The highest BCUT2D eigenvalue weighted by Gasteiger charge is 2.01. The first-order valence-corrected chi connectivity index (χ1v) is 3.99. The van der Waals surface area contributed by atoms with Gasteiger partial charge in [0, 0.05) is 6.07 Å². The van der Waals surface area contributed by atoms with Gasteiger partial charge in [0.15, 0.2) is 0 Å². The highest BCUT2D eigenvalue weighted by molar-refractivity contribution is 5.25. The molecule has 1 rings (SSSR count). The largest absolute Gasteiger partial charge is 0.488 e. The zero-order chi connectivity index (χ0) is 8.97. The molecule has 0 bridgehead atoms. The summed E-state index contributed by atoms with van der Waals surface area (Å²) in [6.07, 6.45) is -0.164. The minimum Gasteiger partial charge on any atom is -0.488 e. The maximum atomic E-state index is 8.73. The van der Waals surface area contributed by atoms with Crippen molar-refractivity contribution in [2.24, 2.45) is 0 Å². The van der Waals surface area contributed by atoms with Crippen LogP contribution in [-0.2, 0) is 0 Å². The zero-order valence-electron chi connectivity index (χ0n) is 7.37. The third kappa shape index (κ3) is 2.55. The molecule has 1 atom stereocenters. The highest BCUT2D eigenvalue weighted by Crippen LogP contribution is 2.12. The van der Waals surface area contributed by atoms with Gasteiger partial charge in [-0.2, -0.15) is 0 Å². The summed E-state index contributed by atoms with van der Waals surface area (Å²) in [5.74, 6) is 0.691. The van der Waals surface area contributed by atoms with Crippen LogP contribution in [0.1, 0.15) is 12.5 Å². The van der Waals surface area contributed by atoms with Crippen LogP contribution in [0.2, 0.25) is 0 Å². The molecule has 0 aromatic heterocycles. The summed E-state index contributed by atoms with van der Waals surface area (Å²) in [6, 6.07) is 8.73. The average molecular weight is 165 g/mol. The summed E-state index contributed by atoms with van der Waals surface area (Å²) in [5.41, 5.74) is 1.04. The van der Waals surface area contributed by atoms with E-state index < -0.39 is 0 Å². The Labute approximate surface area is 72.8 Å². The molecule has 1 aromatic rings. The van der Waals surface area contributed by atoms with Crippen molar-refractivity contribution in [2.45, 2.75) is 20.0 Å². The lowest BCUT2D eigenvalue weighted by Gasteiger charge is -2.11. The molecule has 0 saturated heterocycles. The predicted octanol–water partition coefficient (Wildman–Crippen LogP) is 1.55. The van der Waals surface area contributed by atoms with Gasteiger partial charge in [-0.3, -0.25) is 0 Å². The Kier molecular flexibility index (Phi) is 3.11. The van der Waals surface area contributed by atoms with Crippen molar-refractivity contribution in [3.63, 3.8) is 0 Å². The molecule has 2 heteroatoms. The first-order chi connectivity index (χ1) is 5.72. The normalized spacial score (nSPS) is 12.6. The van der Waals surface area contributed by atoms with Gasteiger partial charge in [-0.05, 0) is 25.5 Å². The molecule has 0 fully saturated rings. The number of hydrogen-bond acceptors (Lipinski definition) is 2. The van der Waals surface area contributed by atoms with Crippen molar-refractivity contribution in [3.05, 3.63) is 29.8 Å². The maximum Gasteiger partial charge on any atom is 0.128 e. The lowest BCUT2D eigenvalue weighted by Crippen LogP contribution is -2.16. The molecule has 12 heavy (non-hydrogen) atoms. The Bertz CT molecular complexity index is 245. The average Bonchev–Trinajstić information content (AvgIpc) is 2.04. The molecule has 2 nitrogen and oxygen atoms in total. The van der Waals surface area contributed by atoms with E-state index in [4.69, 9.17) is 9.84 Å². The Hall–Kier alpha value is -1.02. The molecule has 0 aliphatic heterocycles. The highest BCUT2D eigenvalue weighted by atomic mass is 16.5. The van der Waals surface area contributed by atoms with Gasteiger partial charge in [0.05, 0.1) is 6.61 Å². The summed E-state index contributed by atoms with van der Waals surface area (Å²) in [4.78, 5) is 0. The van der Waals surface area contributed by atoms with Crippen LogP contribution >= 0.6 is 0 Å². The number of ether oxygens (including phenoxy) is 1. The van der Waals surface area contributed by atoms with E-state index in [1.54, 1.807) is 0 Å². The number of aliphatic hydroxyl groups is 1. The lowest BCUT2D eigenvalue weighted by molar-refractivity contribution is 0.129. The Morgan fingerprint density at radius 2 is 2.33 bits per heavy atom. The summed E-state index contributed by atoms with van der Waals surface area (Å²) in [6.45, 7) is 3.80. The van der Waals surface area contributed by atoms with Gasteiger partial charge in [-0.25, -0.2) is 0 Å². The van der Waals surface area contributed by atoms with Crippen LogP contribution in [0.5, 0.6) is 5.75 Å². The van der Waals surface area contributed by atoms with Crippen LogP contribution < -0.4 is 4.74 Å². The topological polar surface area (TPSA) is 29.5 Å². The van der Waals surface area contributed by atoms with Crippen LogP contribution in [0, 0.1) is 13.0 Å². The molecule has 0 aliphatic carbocycles. The standard InChI is InChI=1S/C10H13O2/c1-8-4-3-5-10(6-8)12-9(2)7-11/h3-5,9,11H,7H2,1-2H3. The quantitative estimate of drug-likeness (QED) is 0.736. The van der Waals surface area contributed by atoms with E-state index in [0.717, 1.165) is 5.56 Å². The fraction of sp³-hybridized carbons (Fsp3) is 0.400. The first-order valence-electron chi connectivity index (χ1n) is 3.99. The van der Waals surface area contributed by atoms with E-state index in [-0.39, 0.29) is 12.7 Å². The molecule has 0 spiro atoms. The third-order valence-electron chi connectivity index (χ3n) is 1.50. The SMILES string of the molecule is Cc1[c]c(OC(C)CO)ccc1. The van der Waals surface area contributed by atoms with E-state index in [1.165, 1.54) is 0 Å². The number of aliphatic hydroxyl groups excluding tert-OH is 1. The molecule has 0 amide bonds. The molecule has 1 N–H and O–H groups in total. The van der Waals surface area contributed by atoms with Gasteiger partial charge >= 0.3 is 0 Å². The Morgan fingerprint density at radius 1 is 1.58 bits per heavy atom. The fourth-order valence-electron chi connectivity index (χ4n) is 0.880. The Balaban J connectivity index is 2.63. The number of aryl methyl sites for hydroxylation is 1. The fourth-order valence-corrected chi connectivity index (χ4v) is 0.880. The van der Waals surface area contributed by atoms with E-state index in [2.05, 4.69) is 6.07 Å². The number of hydrogen-bond donors (Lipinski definition) is 1.